The van der Waals surface area contributed by atoms with E-state index >= 15 is 0 Å². The van der Waals surface area contributed by atoms with Gasteiger partial charge < -0.3 is 9.47 Å². The molecule has 1 saturated heterocycles. The van der Waals surface area contributed by atoms with E-state index in [1.165, 1.54) is 0 Å². The number of ketones is 1. The van der Waals surface area contributed by atoms with Gasteiger partial charge in [0.2, 0.25) is 6.29 Å². The molecular weight excluding hydrogens is 120 g/mol. The van der Waals surface area contributed by atoms with Gasteiger partial charge in [0.05, 0.1) is 13.2 Å². The molecule has 9 heavy (non-hydrogen) atoms. The fraction of sp³-hybridized carbons (Fsp3) is 0.667. The average Bonchev–Trinajstić information content (AvgIpc) is 1.90. The predicted molar refractivity (Wildman–Crippen MR) is 30.7 cm³/mol. The van der Waals surface area contributed by atoms with Crippen LogP contribution in [0.4, 0.5) is 0 Å². The third-order valence-electron chi connectivity index (χ3n) is 1.09. The lowest BCUT2D eigenvalue weighted by Crippen LogP contribution is -2.30. The Kier molecular flexibility index (Phi) is 2.19. The van der Waals surface area contributed by atoms with E-state index in [0.717, 1.165) is 6.42 Å². The van der Waals surface area contributed by atoms with Gasteiger partial charge in [-0.15, -0.1) is 0 Å². The predicted octanol–water partition coefficient (Wildman–Crippen LogP) is 0.153. The number of rotatable bonds is 1. The molecule has 1 aliphatic heterocycles. The summed E-state index contributed by atoms with van der Waals surface area (Å²) in [5.74, 6) is -0.297. The molecule has 1 fully saturated rings. The maximum Gasteiger partial charge on any atom is 0.217 e. The third-order valence-corrected chi connectivity index (χ3v) is 1.09. The quantitative estimate of drug-likeness (QED) is 0.505. The van der Waals surface area contributed by atoms with Crippen molar-refractivity contribution in [2.75, 3.05) is 13.2 Å². The van der Waals surface area contributed by atoms with Crippen LogP contribution in [-0.2, 0) is 14.3 Å². The summed E-state index contributed by atoms with van der Waals surface area (Å²) < 4.78 is 9.81. The maximum absolute atomic E-state index is 10.4. The van der Waals surface area contributed by atoms with Crippen molar-refractivity contribution < 1.29 is 14.3 Å². The van der Waals surface area contributed by atoms with Crippen molar-refractivity contribution in [2.45, 2.75) is 12.7 Å². The summed E-state index contributed by atoms with van der Waals surface area (Å²) in [5, 5.41) is 0. The number of Topliss-reactive ketones (excluding diaryl/α,β-unsaturated/α-hetero) is 1. The molecular formula is C6H9O3. The molecule has 1 heterocycles. The molecule has 1 aliphatic rings. The van der Waals surface area contributed by atoms with E-state index in [4.69, 9.17) is 9.47 Å². The first-order valence-electron chi connectivity index (χ1n) is 2.90. The van der Waals surface area contributed by atoms with Crippen molar-refractivity contribution >= 4 is 5.78 Å². The second-order valence-electron chi connectivity index (χ2n) is 1.89. The zero-order valence-electron chi connectivity index (χ0n) is 5.13. The second kappa shape index (κ2) is 2.94. The van der Waals surface area contributed by atoms with Crippen molar-refractivity contribution in [3.05, 3.63) is 6.92 Å². The van der Waals surface area contributed by atoms with Gasteiger partial charge in [-0.2, -0.15) is 0 Å². The minimum atomic E-state index is -0.696. The highest BCUT2D eigenvalue weighted by Gasteiger charge is 2.17. The third kappa shape index (κ3) is 1.77. The highest BCUT2D eigenvalue weighted by Crippen LogP contribution is 2.04. The fourth-order valence-electron chi connectivity index (χ4n) is 0.674. The Morgan fingerprint density at radius 1 is 1.44 bits per heavy atom. The van der Waals surface area contributed by atoms with Crippen LogP contribution in [0.2, 0.25) is 0 Å². The van der Waals surface area contributed by atoms with Crippen LogP contribution in [0.1, 0.15) is 6.42 Å². The number of carbonyl (C=O) groups is 1. The van der Waals surface area contributed by atoms with E-state index in [2.05, 4.69) is 6.92 Å². The Labute approximate surface area is 53.9 Å². The summed E-state index contributed by atoms with van der Waals surface area (Å²) >= 11 is 0. The van der Waals surface area contributed by atoms with Gasteiger partial charge in [0, 0.05) is 6.92 Å². The van der Waals surface area contributed by atoms with Gasteiger partial charge in [0.15, 0.2) is 5.78 Å². The fourth-order valence-corrected chi connectivity index (χ4v) is 0.674. The van der Waals surface area contributed by atoms with Crippen LogP contribution in [0.5, 0.6) is 0 Å². The number of carbonyl (C=O) groups excluding carboxylic acids is 1. The maximum atomic E-state index is 10.4. The minimum Gasteiger partial charge on any atom is -0.346 e. The number of ether oxygens (including phenoxy) is 2. The highest BCUT2D eigenvalue weighted by atomic mass is 16.7. The van der Waals surface area contributed by atoms with E-state index in [9.17, 15) is 4.79 Å². The van der Waals surface area contributed by atoms with Gasteiger partial charge in [-0.05, 0) is 6.42 Å². The molecule has 0 atom stereocenters. The molecule has 3 nitrogen and oxygen atoms in total. The van der Waals surface area contributed by atoms with Crippen LogP contribution < -0.4 is 0 Å². The summed E-state index contributed by atoms with van der Waals surface area (Å²) in [5.41, 5.74) is 0. The normalized spacial score (nSPS) is 21.9. The minimum absolute atomic E-state index is 0.297. The zero-order chi connectivity index (χ0) is 6.69. The number of hydrogen-bond donors (Lipinski definition) is 0. The SMILES string of the molecule is [CH2]C(=O)C1OCCCO1. The molecule has 1 radical (unpaired) electrons. The molecule has 0 bridgehead atoms. The molecule has 1 rings (SSSR count). The molecule has 51 valence electrons. The topological polar surface area (TPSA) is 35.5 Å². The lowest BCUT2D eigenvalue weighted by Gasteiger charge is -2.20. The summed E-state index contributed by atoms with van der Waals surface area (Å²) in [6, 6.07) is 0. The van der Waals surface area contributed by atoms with Crippen LogP contribution in [0, 0.1) is 6.92 Å². The molecule has 0 saturated carbocycles. The van der Waals surface area contributed by atoms with Crippen molar-refractivity contribution in [3.8, 4) is 0 Å². The summed E-state index contributed by atoms with van der Waals surface area (Å²) in [7, 11) is 0. The Balaban J connectivity index is 2.31. The van der Waals surface area contributed by atoms with Crippen molar-refractivity contribution in [3.63, 3.8) is 0 Å². The first-order valence-corrected chi connectivity index (χ1v) is 2.90. The molecule has 0 aromatic rings. The Bertz CT molecular complexity index is 105. The standard InChI is InChI=1S/C6H9O3/c1-5(7)6-8-3-2-4-9-6/h6H,1-4H2. The Morgan fingerprint density at radius 2 is 2.00 bits per heavy atom. The van der Waals surface area contributed by atoms with E-state index in [1.807, 2.05) is 0 Å². The Hall–Kier alpha value is -0.410. The molecule has 0 unspecified atom stereocenters. The number of hydrogen-bond acceptors (Lipinski definition) is 3. The molecule has 0 N–H and O–H groups in total. The van der Waals surface area contributed by atoms with Crippen molar-refractivity contribution in [1.82, 2.24) is 0 Å². The van der Waals surface area contributed by atoms with E-state index in [0.29, 0.717) is 13.2 Å². The van der Waals surface area contributed by atoms with Gasteiger partial charge in [0.25, 0.3) is 0 Å². The average molecular weight is 129 g/mol. The lowest BCUT2D eigenvalue weighted by molar-refractivity contribution is -0.184. The van der Waals surface area contributed by atoms with Crippen LogP contribution >= 0.6 is 0 Å². The second-order valence-corrected chi connectivity index (χ2v) is 1.89. The molecule has 0 spiro atoms. The highest BCUT2D eigenvalue weighted by molar-refractivity contribution is 5.85. The van der Waals surface area contributed by atoms with Gasteiger partial charge in [-0.1, -0.05) is 0 Å². The van der Waals surface area contributed by atoms with Gasteiger partial charge in [-0.25, -0.2) is 0 Å². The van der Waals surface area contributed by atoms with Gasteiger partial charge >= 0.3 is 0 Å². The van der Waals surface area contributed by atoms with E-state index in [-0.39, 0.29) is 5.78 Å². The van der Waals surface area contributed by atoms with Crippen LogP contribution in [-0.4, -0.2) is 25.3 Å². The largest absolute Gasteiger partial charge is 0.346 e. The van der Waals surface area contributed by atoms with Crippen LogP contribution in [0.3, 0.4) is 0 Å². The monoisotopic (exact) mass is 129 g/mol. The first-order chi connectivity index (χ1) is 4.30. The Morgan fingerprint density at radius 3 is 2.33 bits per heavy atom. The van der Waals surface area contributed by atoms with E-state index in [1.54, 1.807) is 0 Å². The summed E-state index contributed by atoms with van der Waals surface area (Å²) in [4.78, 5) is 10.4. The molecule has 0 aliphatic carbocycles. The molecule has 3 heteroatoms. The summed E-state index contributed by atoms with van der Waals surface area (Å²) in [6.07, 6.45) is 0.169. The lowest BCUT2D eigenvalue weighted by atomic mass is 10.4. The van der Waals surface area contributed by atoms with Gasteiger partial charge in [0.1, 0.15) is 0 Å². The van der Waals surface area contributed by atoms with Gasteiger partial charge in [-0.3, -0.25) is 4.79 Å². The van der Waals surface area contributed by atoms with Crippen LogP contribution in [0.15, 0.2) is 0 Å². The van der Waals surface area contributed by atoms with Crippen LogP contribution in [0.25, 0.3) is 0 Å². The zero-order valence-corrected chi connectivity index (χ0v) is 5.13. The smallest absolute Gasteiger partial charge is 0.217 e. The summed E-state index contributed by atoms with van der Waals surface area (Å²) in [6.45, 7) is 4.38. The van der Waals surface area contributed by atoms with Crippen molar-refractivity contribution in [1.29, 1.82) is 0 Å². The molecule has 0 aromatic carbocycles. The molecule has 0 amide bonds. The first kappa shape index (κ1) is 6.71. The van der Waals surface area contributed by atoms with Crippen molar-refractivity contribution in [2.24, 2.45) is 0 Å². The molecule has 0 aromatic heterocycles. The van der Waals surface area contributed by atoms with E-state index < -0.39 is 6.29 Å².